The average molecular weight is 412 g/mol. The summed E-state index contributed by atoms with van der Waals surface area (Å²) in [6.07, 6.45) is 5.76. The molecule has 0 radical (unpaired) electrons. The zero-order valence-corrected chi connectivity index (χ0v) is 18.2. The largest absolute Gasteiger partial charge is 0.376 e. The van der Waals surface area contributed by atoms with Gasteiger partial charge in [-0.2, -0.15) is 0 Å². The van der Waals surface area contributed by atoms with Gasteiger partial charge in [-0.15, -0.1) is 0 Å². The molecule has 2 fully saturated rings. The number of amides is 1. The van der Waals surface area contributed by atoms with Gasteiger partial charge in [0.1, 0.15) is 5.69 Å². The fourth-order valence-electron chi connectivity index (χ4n) is 4.43. The van der Waals surface area contributed by atoms with E-state index in [1.165, 1.54) is 6.42 Å². The van der Waals surface area contributed by atoms with E-state index in [-0.39, 0.29) is 17.9 Å². The van der Waals surface area contributed by atoms with E-state index in [1.54, 1.807) is 0 Å². The lowest BCUT2D eigenvalue weighted by Crippen LogP contribution is -2.39. The summed E-state index contributed by atoms with van der Waals surface area (Å²) in [5, 5.41) is 4.46. The van der Waals surface area contributed by atoms with Crippen LogP contribution in [0.3, 0.4) is 0 Å². The standard InChI is InChI=1S/C24H33N3O3/c1-18(2)23(28)27(16-20-12-9-15-29-20)17-21-22(19-10-5-3-6-11-19)25-30-24(21)26-13-7-4-8-14-26/h3,5-6,10-11,18,20H,4,7-9,12-17H2,1-2H3/t20-/m0/s1. The molecule has 0 unspecified atom stereocenters. The van der Waals surface area contributed by atoms with Crippen LogP contribution in [0.1, 0.15) is 51.5 Å². The molecule has 1 amide bonds. The number of hydrogen-bond donors (Lipinski definition) is 0. The van der Waals surface area contributed by atoms with Gasteiger partial charge in [0.2, 0.25) is 11.8 Å². The first-order valence-corrected chi connectivity index (χ1v) is 11.3. The predicted molar refractivity (Wildman–Crippen MR) is 117 cm³/mol. The number of anilines is 1. The molecule has 1 aromatic carbocycles. The molecule has 1 aromatic heterocycles. The molecule has 2 saturated heterocycles. The third-order valence-corrected chi connectivity index (χ3v) is 6.06. The summed E-state index contributed by atoms with van der Waals surface area (Å²) in [5.74, 6) is 0.905. The molecular weight excluding hydrogens is 378 g/mol. The van der Waals surface area contributed by atoms with Crippen LogP contribution in [0, 0.1) is 5.92 Å². The second kappa shape index (κ2) is 9.65. The number of carbonyl (C=O) groups is 1. The van der Waals surface area contributed by atoms with E-state index in [0.717, 1.165) is 68.1 Å². The van der Waals surface area contributed by atoms with Crippen LogP contribution < -0.4 is 4.90 Å². The molecule has 0 spiro atoms. The van der Waals surface area contributed by atoms with Crippen molar-refractivity contribution in [2.24, 2.45) is 5.92 Å². The Morgan fingerprint density at radius 3 is 2.60 bits per heavy atom. The van der Waals surface area contributed by atoms with Crippen molar-refractivity contribution < 1.29 is 14.1 Å². The number of aromatic nitrogens is 1. The van der Waals surface area contributed by atoms with E-state index in [4.69, 9.17) is 9.26 Å². The lowest BCUT2D eigenvalue weighted by atomic mass is 10.0. The second-order valence-electron chi connectivity index (χ2n) is 8.74. The van der Waals surface area contributed by atoms with Gasteiger partial charge in [-0.05, 0) is 32.1 Å². The molecule has 3 heterocycles. The minimum absolute atomic E-state index is 0.0649. The molecule has 0 aliphatic carbocycles. The summed E-state index contributed by atoms with van der Waals surface area (Å²) in [5.41, 5.74) is 2.87. The summed E-state index contributed by atoms with van der Waals surface area (Å²) in [6, 6.07) is 10.1. The van der Waals surface area contributed by atoms with Gasteiger partial charge >= 0.3 is 0 Å². The Kier molecular flexibility index (Phi) is 6.72. The molecule has 2 aliphatic rings. The molecule has 0 bridgehead atoms. The van der Waals surface area contributed by atoms with E-state index in [1.807, 2.05) is 36.9 Å². The van der Waals surface area contributed by atoms with Gasteiger partial charge in [0.25, 0.3) is 0 Å². The first kappa shape index (κ1) is 20.9. The van der Waals surface area contributed by atoms with Crippen LogP contribution in [-0.4, -0.2) is 48.3 Å². The fourth-order valence-corrected chi connectivity index (χ4v) is 4.43. The molecule has 0 N–H and O–H groups in total. The number of piperidine rings is 1. The topological polar surface area (TPSA) is 58.8 Å². The molecule has 1 atom stereocenters. The maximum atomic E-state index is 13.1. The van der Waals surface area contributed by atoms with Crippen molar-refractivity contribution in [2.45, 2.75) is 58.6 Å². The van der Waals surface area contributed by atoms with Gasteiger partial charge in [-0.25, -0.2) is 0 Å². The van der Waals surface area contributed by atoms with Gasteiger partial charge in [-0.1, -0.05) is 49.3 Å². The van der Waals surface area contributed by atoms with Gasteiger partial charge in [0, 0.05) is 37.7 Å². The maximum absolute atomic E-state index is 13.1. The number of ether oxygens (including phenoxy) is 1. The molecule has 0 saturated carbocycles. The minimum Gasteiger partial charge on any atom is -0.376 e. The van der Waals surface area contributed by atoms with Crippen LogP contribution in [0.2, 0.25) is 0 Å². The zero-order chi connectivity index (χ0) is 20.9. The van der Waals surface area contributed by atoms with E-state index < -0.39 is 0 Å². The summed E-state index contributed by atoms with van der Waals surface area (Å²) in [7, 11) is 0. The minimum atomic E-state index is -0.0649. The monoisotopic (exact) mass is 411 g/mol. The fraction of sp³-hybridized carbons (Fsp3) is 0.583. The summed E-state index contributed by atoms with van der Waals surface area (Å²) >= 11 is 0. The van der Waals surface area contributed by atoms with Crippen LogP contribution in [0.4, 0.5) is 5.88 Å². The molecule has 162 valence electrons. The highest BCUT2D eigenvalue weighted by Crippen LogP contribution is 2.34. The quantitative estimate of drug-likeness (QED) is 0.672. The van der Waals surface area contributed by atoms with Crippen LogP contribution in [0.15, 0.2) is 34.9 Å². The predicted octanol–water partition coefficient (Wildman–Crippen LogP) is 4.50. The second-order valence-corrected chi connectivity index (χ2v) is 8.74. The Hall–Kier alpha value is -2.34. The Morgan fingerprint density at radius 2 is 1.93 bits per heavy atom. The van der Waals surface area contributed by atoms with Crippen molar-refractivity contribution in [1.82, 2.24) is 10.1 Å². The molecule has 4 rings (SSSR count). The van der Waals surface area contributed by atoms with E-state index >= 15 is 0 Å². The van der Waals surface area contributed by atoms with E-state index in [9.17, 15) is 4.79 Å². The molecular formula is C24H33N3O3. The maximum Gasteiger partial charge on any atom is 0.232 e. The van der Waals surface area contributed by atoms with Crippen molar-refractivity contribution in [3.05, 3.63) is 35.9 Å². The van der Waals surface area contributed by atoms with Crippen LogP contribution in [-0.2, 0) is 16.1 Å². The average Bonchev–Trinajstić information content (AvgIpc) is 3.44. The highest BCUT2D eigenvalue weighted by molar-refractivity contribution is 5.79. The molecule has 6 nitrogen and oxygen atoms in total. The van der Waals surface area contributed by atoms with Crippen molar-refractivity contribution >= 4 is 11.8 Å². The molecule has 6 heteroatoms. The van der Waals surface area contributed by atoms with Gasteiger partial charge in [-0.3, -0.25) is 4.79 Å². The highest BCUT2D eigenvalue weighted by atomic mass is 16.5. The zero-order valence-electron chi connectivity index (χ0n) is 18.2. The number of benzene rings is 1. The third kappa shape index (κ3) is 4.69. The lowest BCUT2D eigenvalue weighted by molar-refractivity contribution is -0.136. The first-order valence-electron chi connectivity index (χ1n) is 11.3. The van der Waals surface area contributed by atoms with Crippen LogP contribution >= 0.6 is 0 Å². The van der Waals surface area contributed by atoms with Crippen molar-refractivity contribution in [2.75, 3.05) is 31.1 Å². The number of rotatable bonds is 7. The van der Waals surface area contributed by atoms with E-state index in [2.05, 4.69) is 22.2 Å². The number of carbonyl (C=O) groups excluding carboxylic acids is 1. The Bertz CT molecular complexity index is 821. The number of nitrogens with zero attached hydrogens (tertiary/aromatic N) is 3. The summed E-state index contributed by atoms with van der Waals surface area (Å²) in [6.45, 7) is 7.77. The Morgan fingerprint density at radius 1 is 1.17 bits per heavy atom. The first-order chi connectivity index (χ1) is 14.6. The highest BCUT2D eigenvalue weighted by Gasteiger charge is 2.30. The van der Waals surface area contributed by atoms with Crippen molar-refractivity contribution in [1.29, 1.82) is 0 Å². The van der Waals surface area contributed by atoms with Crippen LogP contribution in [0.5, 0.6) is 0 Å². The SMILES string of the molecule is CC(C)C(=O)N(Cc1c(-c2ccccc2)noc1N1CCCCC1)C[C@@H]1CCCO1. The number of hydrogen-bond acceptors (Lipinski definition) is 5. The summed E-state index contributed by atoms with van der Waals surface area (Å²) < 4.78 is 11.8. The van der Waals surface area contributed by atoms with Crippen molar-refractivity contribution in [3.8, 4) is 11.3 Å². The Labute approximate surface area is 179 Å². The van der Waals surface area contributed by atoms with E-state index in [0.29, 0.717) is 13.1 Å². The van der Waals surface area contributed by atoms with Gasteiger partial charge in [0.05, 0.1) is 18.2 Å². The summed E-state index contributed by atoms with van der Waals surface area (Å²) in [4.78, 5) is 17.3. The van der Waals surface area contributed by atoms with Gasteiger partial charge in [0.15, 0.2) is 0 Å². The van der Waals surface area contributed by atoms with Crippen LogP contribution in [0.25, 0.3) is 11.3 Å². The molecule has 2 aromatic rings. The third-order valence-electron chi connectivity index (χ3n) is 6.06. The normalized spacial score (nSPS) is 19.4. The smallest absolute Gasteiger partial charge is 0.232 e. The lowest BCUT2D eigenvalue weighted by Gasteiger charge is -2.30. The van der Waals surface area contributed by atoms with Crippen molar-refractivity contribution in [3.63, 3.8) is 0 Å². The molecule has 2 aliphatic heterocycles. The Balaban J connectivity index is 1.67. The molecule has 30 heavy (non-hydrogen) atoms. The van der Waals surface area contributed by atoms with Gasteiger partial charge < -0.3 is 19.1 Å².